The predicted octanol–water partition coefficient (Wildman–Crippen LogP) is 4.45. The fraction of sp³-hybridized carbons (Fsp3) is 0.0556. The molecule has 0 fully saturated rings. The van der Waals surface area contributed by atoms with Crippen molar-refractivity contribution in [3.05, 3.63) is 71.6 Å². The Balaban J connectivity index is 1.78. The van der Waals surface area contributed by atoms with Crippen molar-refractivity contribution < 1.29 is 14.3 Å². The minimum Gasteiger partial charge on any atom is -0.465 e. The molecule has 3 rings (SSSR count). The highest BCUT2D eigenvalue weighted by Gasteiger charge is 2.15. The molecule has 0 aliphatic heterocycles. The van der Waals surface area contributed by atoms with E-state index in [0.717, 1.165) is 5.75 Å². The maximum absolute atomic E-state index is 11.8. The summed E-state index contributed by atoms with van der Waals surface area (Å²) < 4.78 is 10.5. The lowest BCUT2D eigenvalue weighted by Crippen LogP contribution is -2.08. The van der Waals surface area contributed by atoms with Gasteiger partial charge < -0.3 is 14.8 Å². The maximum Gasteiger partial charge on any atom is 0.343 e. The third-order valence-corrected chi connectivity index (χ3v) is 3.44. The lowest BCUT2D eigenvalue weighted by Gasteiger charge is -2.11. The number of ether oxygens (including phenoxy) is 2. The van der Waals surface area contributed by atoms with E-state index >= 15 is 0 Å². The van der Waals surface area contributed by atoms with Gasteiger partial charge in [0.25, 0.3) is 0 Å². The van der Waals surface area contributed by atoms with Gasteiger partial charge in [0, 0.05) is 11.9 Å². The van der Waals surface area contributed by atoms with E-state index in [1.807, 2.05) is 30.3 Å². The number of benzene rings is 2. The van der Waals surface area contributed by atoms with Crippen LogP contribution in [0.1, 0.15) is 10.4 Å². The van der Waals surface area contributed by atoms with E-state index in [1.54, 1.807) is 24.3 Å². The molecule has 0 atom stereocenters. The minimum atomic E-state index is -0.553. The lowest BCUT2D eigenvalue weighted by molar-refractivity contribution is 0.0601. The number of para-hydroxylation sites is 1. The molecule has 1 N–H and O–H groups in total. The van der Waals surface area contributed by atoms with Gasteiger partial charge in [0.2, 0.25) is 5.28 Å². The van der Waals surface area contributed by atoms with Gasteiger partial charge in [-0.2, -0.15) is 4.98 Å². The van der Waals surface area contributed by atoms with Crippen molar-refractivity contribution in [2.24, 2.45) is 0 Å². The Labute approximate surface area is 149 Å². The number of hydrogen-bond donors (Lipinski definition) is 1. The number of methoxy groups -OCH3 is 1. The topological polar surface area (TPSA) is 73.3 Å². The van der Waals surface area contributed by atoms with Crippen molar-refractivity contribution >= 4 is 29.1 Å². The molecule has 0 bridgehead atoms. The second-order valence-corrected chi connectivity index (χ2v) is 5.30. The molecule has 3 aromatic rings. The monoisotopic (exact) mass is 355 g/mol. The smallest absolute Gasteiger partial charge is 0.343 e. The third-order valence-electron chi connectivity index (χ3n) is 3.26. The summed E-state index contributed by atoms with van der Waals surface area (Å²) >= 11 is 5.81. The summed E-state index contributed by atoms with van der Waals surface area (Å²) in [6, 6.07) is 16.7. The molecule has 1 heterocycles. The summed E-state index contributed by atoms with van der Waals surface area (Å²) in [5, 5.41) is 3.05. The Morgan fingerprint density at radius 3 is 2.40 bits per heavy atom. The van der Waals surface area contributed by atoms with Gasteiger partial charge >= 0.3 is 5.97 Å². The van der Waals surface area contributed by atoms with Crippen LogP contribution < -0.4 is 10.1 Å². The highest BCUT2D eigenvalue weighted by molar-refractivity contribution is 6.28. The summed E-state index contributed by atoms with van der Waals surface area (Å²) in [5.74, 6) is 1.15. The molecule has 0 spiro atoms. The number of nitrogens with zero attached hydrogens (tertiary/aromatic N) is 2. The highest BCUT2D eigenvalue weighted by Crippen LogP contribution is 2.25. The van der Waals surface area contributed by atoms with Crippen LogP contribution in [-0.4, -0.2) is 23.0 Å². The number of carbonyl (C=O) groups is 1. The van der Waals surface area contributed by atoms with Crippen LogP contribution in [0.5, 0.6) is 11.5 Å². The van der Waals surface area contributed by atoms with Crippen molar-refractivity contribution in [2.75, 3.05) is 12.4 Å². The Morgan fingerprint density at radius 1 is 1.04 bits per heavy atom. The van der Waals surface area contributed by atoms with E-state index in [9.17, 15) is 4.79 Å². The van der Waals surface area contributed by atoms with E-state index in [-0.39, 0.29) is 16.7 Å². The van der Waals surface area contributed by atoms with Gasteiger partial charge in [0.1, 0.15) is 22.9 Å². The summed E-state index contributed by atoms with van der Waals surface area (Å²) in [7, 11) is 1.29. The number of esters is 1. The second-order valence-electron chi connectivity index (χ2n) is 4.96. The zero-order valence-corrected chi connectivity index (χ0v) is 14.0. The van der Waals surface area contributed by atoms with E-state index in [4.69, 9.17) is 21.1 Å². The third kappa shape index (κ3) is 4.24. The minimum absolute atomic E-state index is 0.0270. The van der Waals surface area contributed by atoms with Crippen molar-refractivity contribution in [1.82, 2.24) is 9.97 Å². The summed E-state index contributed by atoms with van der Waals surface area (Å²) in [5.41, 5.74) is 0.900. The average Bonchev–Trinajstić information content (AvgIpc) is 2.64. The van der Waals surface area contributed by atoms with Crippen molar-refractivity contribution in [1.29, 1.82) is 0 Å². The van der Waals surface area contributed by atoms with E-state index in [0.29, 0.717) is 11.4 Å². The Bertz CT molecular complexity index is 870. The van der Waals surface area contributed by atoms with Crippen molar-refractivity contribution in [2.45, 2.75) is 0 Å². The SMILES string of the molecule is COC(=O)c1cnc(Cl)nc1Nc1ccc(Oc2ccccc2)cc1. The standard InChI is InChI=1S/C18H14ClN3O3/c1-24-17(23)15-11-20-18(19)22-16(15)21-12-7-9-14(10-8-12)25-13-5-3-2-4-6-13/h2-11H,1H3,(H,20,21,22). The molecule has 0 aliphatic rings. The Hall–Kier alpha value is -3.12. The van der Waals surface area contributed by atoms with Crippen LogP contribution in [-0.2, 0) is 4.74 Å². The number of hydrogen-bond acceptors (Lipinski definition) is 6. The molecule has 7 heteroatoms. The van der Waals surface area contributed by atoms with Gasteiger partial charge in [-0.25, -0.2) is 9.78 Å². The van der Waals surface area contributed by atoms with Crippen LogP contribution in [0.2, 0.25) is 5.28 Å². The maximum atomic E-state index is 11.8. The summed E-state index contributed by atoms with van der Waals surface area (Å²) in [6.45, 7) is 0. The number of nitrogens with one attached hydrogen (secondary N) is 1. The van der Waals surface area contributed by atoms with Crippen LogP contribution >= 0.6 is 11.6 Å². The van der Waals surface area contributed by atoms with Gasteiger partial charge in [-0.15, -0.1) is 0 Å². The lowest BCUT2D eigenvalue weighted by atomic mass is 10.2. The molecule has 0 radical (unpaired) electrons. The quantitative estimate of drug-likeness (QED) is 0.538. The van der Waals surface area contributed by atoms with Crippen molar-refractivity contribution in [3.8, 4) is 11.5 Å². The van der Waals surface area contributed by atoms with Crippen LogP contribution in [0.3, 0.4) is 0 Å². The molecule has 25 heavy (non-hydrogen) atoms. The second kappa shape index (κ2) is 7.63. The fourth-order valence-corrected chi connectivity index (χ4v) is 2.22. The molecule has 0 saturated heterocycles. The number of halogens is 1. The average molecular weight is 356 g/mol. The van der Waals surface area contributed by atoms with Crippen LogP contribution in [0.25, 0.3) is 0 Å². The number of rotatable bonds is 5. The summed E-state index contributed by atoms with van der Waals surface area (Å²) in [6.07, 6.45) is 1.32. The largest absolute Gasteiger partial charge is 0.465 e. The first-order valence-electron chi connectivity index (χ1n) is 7.36. The first-order chi connectivity index (χ1) is 12.2. The van der Waals surface area contributed by atoms with Gasteiger partial charge in [-0.3, -0.25) is 0 Å². The molecule has 126 valence electrons. The molecule has 2 aromatic carbocycles. The number of anilines is 2. The first-order valence-corrected chi connectivity index (χ1v) is 7.74. The Morgan fingerprint density at radius 2 is 1.72 bits per heavy atom. The van der Waals surface area contributed by atoms with Crippen LogP contribution in [0.15, 0.2) is 60.8 Å². The molecular weight excluding hydrogens is 342 g/mol. The summed E-state index contributed by atoms with van der Waals surface area (Å²) in [4.78, 5) is 19.6. The van der Waals surface area contributed by atoms with E-state index < -0.39 is 5.97 Å². The molecule has 0 amide bonds. The zero-order chi connectivity index (χ0) is 17.6. The van der Waals surface area contributed by atoms with Gasteiger partial charge in [-0.05, 0) is 48.0 Å². The fourth-order valence-electron chi connectivity index (χ4n) is 2.08. The predicted molar refractivity (Wildman–Crippen MR) is 94.6 cm³/mol. The van der Waals surface area contributed by atoms with Crippen LogP contribution in [0, 0.1) is 0 Å². The molecule has 1 aromatic heterocycles. The normalized spacial score (nSPS) is 10.2. The Kier molecular flexibility index (Phi) is 5.11. The van der Waals surface area contributed by atoms with Gasteiger partial charge in [0.05, 0.1) is 7.11 Å². The molecule has 0 saturated carbocycles. The van der Waals surface area contributed by atoms with Crippen molar-refractivity contribution in [3.63, 3.8) is 0 Å². The van der Waals surface area contributed by atoms with Crippen LogP contribution in [0.4, 0.5) is 11.5 Å². The first kappa shape index (κ1) is 16.7. The van der Waals surface area contributed by atoms with Gasteiger partial charge in [0.15, 0.2) is 0 Å². The molecular formula is C18H14ClN3O3. The van der Waals surface area contributed by atoms with E-state index in [1.165, 1.54) is 13.3 Å². The molecule has 6 nitrogen and oxygen atoms in total. The number of aromatic nitrogens is 2. The molecule has 0 unspecified atom stereocenters. The highest BCUT2D eigenvalue weighted by atomic mass is 35.5. The zero-order valence-electron chi connectivity index (χ0n) is 13.3. The van der Waals surface area contributed by atoms with Gasteiger partial charge in [-0.1, -0.05) is 18.2 Å². The van der Waals surface area contributed by atoms with E-state index in [2.05, 4.69) is 15.3 Å². The number of carbonyl (C=O) groups excluding carboxylic acids is 1. The molecule has 0 aliphatic carbocycles.